The lowest BCUT2D eigenvalue weighted by atomic mass is 9.77. The van der Waals surface area contributed by atoms with E-state index in [2.05, 4.69) is 62.2 Å². The topological polar surface area (TPSA) is 32.7 Å². The Morgan fingerprint density at radius 1 is 0.939 bits per heavy atom. The number of rotatable bonds is 3. The molecule has 1 aliphatic heterocycles. The SMILES string of the molecule is O=C(c1ccc(Cl)cc1)N1N=C2/C(=C/c3ccc(Br)cc3)CCCC2C1c1ccc(Br)cc1. The summed E-state index contributed by atoms with van der Waals surface area (Å²) in [6.45, 7) is 0. The van der Waals surface area contributed by atoms with E-state index in [1.165, 1.54) is 5.57 Å². The van der Waals surface area contributed by atoms with Crippen LogP contribution in [-0.4, -0.2) is 16.6 Å². The fourth-order valence-electron chi connectivity index (χ4n) is 4.65. The van der Waals surface area contributed by atoms with Gasteiger partial charge in [-0.15, -0.1) is 0 Å². The minimum Gasteiger partial charge on any atom is -0.267 e. The first-order valence-corrected chi connectivity index (χ1v) is 12.9. The second-order valence-corrected chi connectivity index (χ2v) is 10.6. The first-order chi connectivity index (χ1) is 16.0. The molecule has 1 aliphatic carbocycles. The van der Waals surface area contributed by atoms with E-state index in [9.17, 15) is 4.79 Å². The van der Waals surface area contributed by atoms with Crippen LogP contribution in [0.5, 0.6) is 0 Å². The smallest absolute Gasteiger partial charge is 0.267 e. The fourth-order valence-corrected chi connectivity index (χ4v) is 5.30. The summed E-state index contributed by atoms with van der Waals surface area (Å²) in [5.41, 5.74) is 5.05. The van der Waals surface area contributed by atoms with Crippen LogP contribution in [0.4, 0.5) is 0 Å². The van der Waals surface area contributed by atoms with Gasteiger partial charge in [0.1, 0.15) is 0 Å². The van der Waals surface area contributed by atoms with Crippen molar-refractivity contribution in [3.8, 4) is 0 Å². The van der Waals surface area contributed by atoms with Crippen molar-refractivity contribution >= 4 is 61.2 Å². The zero-order valence-corrected chi connectivity index (χ0v) is 21.6. The molecule has 1 amide bonds. The van der Waals surface area contributed by atoms with Gasteiger partial charge in [-0.3, -0.25) is 4.79 Å². The number of fused-ring (bicyclic) bond motifs is 1. The number of allylic oxidation sites excluding steroid dienone is 1. The summed E-state index contributed by atoms with van der Waals surface area (Å²) in [5, 5.41) is 7.26. The predicted octanol–water partition coefficient (Wildman–Crippen LogP) is 8.30. The molecule has 2 aliphatic rings. The molecule has 0 spiro atoms. The highest BCUT2D eigenvalue weighted by Gasteiger charge is 2.43. The molecule has 2 atom stereocenters. The fraction of sp³-hybridized carbons (Fsp3) is 0.185. The summed E-state index contributed by atoms with van der Waals surface area (Å²) in [5.74, 6) is 0.0577. The molecular formula is C27H21Br2ClN2O. The van der Waals surface area contributed by atoms with Crippen molar-refractivity contribution in [2.75, 3.05) is 0 Å². The van der Waals surface area contributed by atoms with Crippen molar-refractivity contribution in [2.24, 2.45) is 11.0 Å². The number of halogens is 3. The minimum atomic E-state index is -0.134. The molecule has 0 N–H and O–H groups in total. The highest BCUT2D eigenvalue weighted by atomic mass is 79.9. The van der Waals surface area contributed by atoms with Gasteiger partial charge in [-0.25, -0.2) is 5.01 Å². The van der Waals surface area contributed by atoms with Crippen LogP contribution in [0, 0.1) is 5.92 Å². The molecule has 166 valence electrons. The molecule has 5 rings (SSSR count). The van der Waals surface area contributed by atoms with Crippen molar-refractivity contribution in [1.29, 1.82) is 0 Å². The van der Waals surface area contributed by atoms with Gasteiger partial charge in [-0.2, -0.15) is 5.10 Å². The summed E-state index contributed by atoms with van der Waals surface area (Å²) >= 11 is 13.1. The van der Waals surface area contributed by atoms with Crippen molar-refractivity contribution in [1.82, 2.24) is 5.01 Å². The number of amides is 1. The second-order valence-electron chi connectivity index (χ2n) is 8.36. The van der Waals surface area contributed by atoms with Gasteiger partial charge in [0, 0.05) is 25.4 Å². The van der Waals surface area contributed by atoms with Crippen molar-refractivity contribution < 1.29 is 4.79 Å². The van der Waals surface area contributed by atoms with Gasteiger partial charge in [-0.1, -0.05) is 67.7 Å². The number of hydrogen-bond acceptors (Lipinski definition) is 2. The van der Waals surface area contributed by atoms with Crippen LogP contribution in [0.3, 0.4) is 0 Å². The lowest BCUT2D eigenvalue weighted by Gasteiger charge is -2.29. The normalized spacial score (nSPS) is 21.1. The van der Waals surface area contributed by atoms with E-state index in [0.717, 1.165) is 45.0 Å². The lowest BCUT2D eigenvalue weighted by Crippen LogP contribution is -2.31. The average Bonchev–Trinajstić information content (AvgIpc) is 3.22. The predicted molar refractivity (Wildman–Crippen MR) is 141 cm³/mol. The standard InChI is InChI=1S/C27H21Br2ClN2O/c28-21-10-4-17(5-11-21)16-20-2-1-3-24-25(20)31-32(26(24)18-6-12-22(29)13-7-18)27(33)19-8-14-23(30)15-9-19/h4-16,24,26H,1-3H2/b20-16+. The molecule has 0 saturated heterocycles. The number of hydrazone groups is 1. The second kappa shape index (κ2) is 9.57. The highest BCUT2D eigenvalue weighted by molar-refractivity contribution is 9.10. The van der Waals surface area contributed by atoms with Gasteiger partial charge in [-0.05, 0) is 90.6 Å². The van der Waals surface area contributed by atoms with Crippen molar-refractivity contribution in [2.45, 2.75) is 25.3 Å². The van der Waals surface area contributed by atoms with E-state index in [1.54, 1.807) is 29.3 Å². The molecule has 0 bridgehead atoms. The molecule has 0 radical (unpaired) electrons. The van der Waals surface area contributed by atoms with Gasteiger partial charge in [0.2, 0.25) is 0 Å². The van der Waals surface area contributed by atoms with Crippen molar-refractivity contribution in [3.63, 3.8) is 0 Å². The lowest BCUT2D eigenvalue weighted by molar-refractivity contribution is 0.0681. The Hall–Kier alpha value is -2.21. The molecule has 1 fully saturated rings. The number of hydrogen-bond donors (Lipinski definition) is 0. The van der Waals surface area contributed by atoms with E-state index in [4.69, 9.17) is 16.7 Å². The van der Waals surface area contributed by atoms with E-state index in [1.807, 2.05) is 24.3 Å². The zero-order chi connectivity index (χ0) is 22.9. The Bertz CT molecular complexity index is 1230. The van der Waals surface area contributed by atoms with Crippen LogP contribution in [-0.2, 0) is 0 Å². The molecule has 2 unspecified atom stereocenters. The first-order valence-electron chi connectivity index (χ1n) is 10.9. The van der Waals surface area contributed by atoms with Gasteiger partial charge in [0.25, 0.3) is 5.91 Å². The third-order valence-corrected chi connectivity index (χ3v) is 7.53. The van der Waals surface area contributed by atoms with E-state index in [-0.39, 0.29) is 17.9 Å². The summed E-state index contributed by atoms with van der Waals surface area (Å²) in [4.78, 5) is 13.6. The molecule has 33 heavy (non-hydrogen) atoms. The monoisotopic (exact) mass is 582 g/mol. The third-order valence-electron chi connectivity index (χ3n) is 6.22. The zero-order valence-electron chi connectivity index (χ0n) is 17.7. The molecule has 1 heterocycles. The van der Waals surface area contributed by atoms with Crippen LogP contribution in [0.1, 0.15) is 46.8 Å². The number of benzene rings is 3. The summed E-state index contributed by atoms with van der Waals surface area (Å²) in [6.07, 6.45) is 5.25. The Morgan fingerprint density at radius 2 is 1.58 bits per heavy atom. The Kier molecular flexibility index (Phi) is 6.55. The summed E-state index contributed by atoms with van der Waals surface area (Å²) in [7, 11) is 0. The van der Waals surface area contributed by atoms with Crippen LogP contribution >= 0.6 is 43.5 Å². The van der Waals surface area contributed by atoms with Crippen LogP contribution < -0.4 is 0 Å². The highest BCUT2D eigenvalue weighted by Crippen LogP contribution is 2.45. The Morgan fingerprint density at radius 3 is 2.24 bits per heavy atom. The summed E-state index contributed by atoms with van der Waals surface area (Å²) in [6, 6.07) is 23.4. The van der Waals surface area contributed by atoms with Gasteiger partial charge >= 0.3 is 0 Å². The van der Waals surface area contributed by atoms with Gasteiger partial charge < -0.3 is 0 Å². The van der Waals surface area contributed by atoms with Gasteiger partial charge in [0.15, 0.2) is 0 Å². The Labute approximate surface area is 215 Å². The average molecular weight is 585 g/mol. The summed E-state index contributed by atoms with van der Waals surface area (Å²) < 4.78 is 2.07. The molecular weight excluding hydrogens is 564 g/mol. The molecule has 0 aromatic heterocycles. The van der Waals surface area contributed by atoms with Crippen molar-refractivity contribution in [3.05, 3.63) is 109 Å². The number of carbonyl (C=O) groups excluding carboxylic acids is 1. The van der Waals surface area contributed by atoms with E-state index < -0.39 is 0 Å². The first kappa shape index (κ1) is 22.6. The molecule has 1 saturated carbocycles. The molecule has 6 heteroatoms. The maximum absolute atomic E-state index is 13.6. The Balaban J connectivity index is 1.57. The maximum atomic E-state index is 13.6. The van der Waals surface area contributed by atoms with E-state index in [0.29, 0.717) is 10.6 Å². The van der Waals surface area contributed by atoms with Crippen LogP contribution in [0.25, 0.3) is 6.08 Å². The quantitative estimate of drug-likeness (QED) is 0.305. The van der Waals surface area contributed by atoms with Gasteiger partial charge in [0.05, 0.1) is 11.8 Å². The number of nitrogens with zero attached hydrogens (tertiary/aromatic N) is 2. The largest absolute Gasteiger partial charge is 0.274 e. The van der Waals surface area contributed by atoms with E-state index >= 15 is 0 Å². The molecule has 3 nitrogen and oxygen atoms in total. The number of carbonyl (C=O) groups is 1. The minimum absolute atomic E-state index is 0.107. The van der Waals surface area contributed by atoms with Crippen LogP contribution in [0.15, 0.2) is 92.4 Å². The van der Waals surface area contributed by atoms with Crippen LogP contribution in [0.2, 0.25) is 5.02 Å². The molecule has 3 aromatic rings. The molecule has 3 aromatic carbocycles. The maximum Gasteiger partial charge on any atom is 0.274 e. The third kappa shape index (κ3) is 4.72.